The monoisotopic (exact) mass is 284 g/mol. The molecule has 2 aromatic carbocycles. The first-order chi connectivity index (χ1) is 9.81. The number of halogens is 1. The van der Waals surface area contributed by atoms with E-state index in [-0.39, 0.29) is 0 Å². The summed E-state index contributed by atoms with van der Waals surface area (Å²) < 4.78 is 5.59. The Morgan fingerprint density at radius 1 is 1.05 bits per heavy atom. The Balaban J connectivity index is 1.65. The van der Waals surface area contributed by atoms with Crippen LogP contribution in [0.5, 0.6) is 6.01 Å². The van der Waals surface area contributed by atoms with Gasteiger partial charge in [0, 0.05) is 23.0 Å². The molecule has 0 amide bonds. The summed E-state index contributed by atoms with van der Waals surface area (Å²) in [6, 6.07) is 16.0. The van der Waals surface area contributed by atoms with Crippen LogP contribution in [0.1, 0.15) is 5.56 Å². The number of fused-ring (bicyclic) bond motifs is 1. The predicted octanol–water partition coefficient (Wildman–Crippen LogP) is 3.90. The van der Waals surface area contributed by atoms with Crippen molar-refractivity contribution in [2.45, 2.75) is 6.42 Å². The maximum absolute atomic E-state index is 5.94. The van der Waals surface area contributed by atoms with Crippen LogP contribution < -0.4 is 4.74 Å². The number of para-hydroxylation sites is 1. The lowest BCUT2D eigenvalue weighted by atomic mass is 10.2. The quantitative estimate of drug-likeness (QED) is 0.729. The van der Waals surface area contributed by atoms with E-state index in [1.807, 2.05) is 48.5 Å². The third kappa shape index (κ3) is 3.06. The Bertz CT molecular complexity index is 730. The molecular formula is C16H13ClN2O. The Morgan fingerprint density at radius 2 is 1.95 bits per heavy atom. The molecule has 20 heavy (non-hydrogen) atoms. The fourth-order valence-corrected chi connectivity index (χ4v) is 2.19. The van der Waals surface area contributed by atoms with Crippen molar-refractivity contribution in [1.29, 1.82) is 0 Å². The number of hydrogen-bond acceptors (Lipinski definition) is 3. The van der Waals surface area contributed by atoms with Gasteiger partial charge in [-0.3, -0.25) is 0 Å². The van der Waals surface area contributed by atoms with Crippen LogP contribution >= 0.6 is 11.6 Å². The molecule has 0 radical (unpaired) electrons. The molecule has 0 saturated carbocycles. The maximum atomic E-state index is 5.94. The second-order valence-corrected chi connectivity index (χ2v) is 4.88. The zero-order valence-corrected chi connectivity index (χ0v) is 11.5. The van der Waals surface area contributed by atoms with Gasteiger partial charge in [-0.1, -0.05) is 41.9 Å². The molecule has 0 aliphatic carbocycles. The maximum Gasteiger partial charge on any atom is 0.316 e. The van der Waals surface area contributed by atoms with Crippen molar-refractivity contribution in [1.82, 2.24) is 9.97 Å². The lowest BCUT2D eigenvalue weighted by molar-refractivity contribution is 0.297. The van der Waals surface area contributed by atoms with Crippen LogP contribution in [-0.4, -0.2) is 16.6 Å². The first kappa shape index (κ1) is 12.9. The number of nitrogens with zero attached hydrogens (tertiary/aromatic N) is 2. The molecule has 0 atom stereocenters. The molecule has 3 nitrogen and oxygen atoms in total. The topological polar surface area (TPSA) is 35.0 Å². The van der Waals surface area contributed by atoms with E-state index in [1.165, 1.54) is 0 Å². The van der Waals surface area contributed by atoms with E-state index in [2.05, 4.69) is 9.97 Å². The van der Waals surface area contributed by atoms with Gasteiger partial charge in [-0.15, -0.1) is 0 Å². The summed E-state index contributed by atoms with van der Waals surface area (Å²) in [6.45, 7) is 0.526. The molecule has 4 heteroatoms. The summed E-state index contributed by atoms with van der Waals surface area (Å²) in [4.78, 5) is 8.56. The lowest BCUT2D eigenvalue weighted by Crippen LogP contribution is -2.04. The highest BCUT2D eigenvalue weighted by Gasteiger charge is 2.01. The fourth-order valence-electron chi connectivity index (χ4n) is 1.98. The van der Waals surface area contributed by atoms with Crippen LogP contribution in [0.4, 0.5) is 0 Å². The average molecular weight is 285 g/mol. The van der Waals surface area contributed by atoms with E-state index >= 15 is 0 Å². The molecule has 3 rings (SSSR count). The largest absolute Gasteiger partial charge is 0.463 e. The molecule has 0 aliphatic rings. The molecule has 1 aromatic heterocycles. The van der Waals surface area contributed by atoms with Gasteiger partial charge in [0.15, 0.2) is 0 Å². The number of rotatable bonds is 4. The third-order valence-corrected chi connectivity index (χ3v) is 3.21. The average Bonchev–Trinajstić information content (AvgIpc) is 2.47. The molecule has 100 valence electrons. The highest BCUT2D eigenvalue weighted by atomic mass is 35.5. The summed E-state index contributed by atoms with van der Waals surface area (Å²) in [7, 11) is 0. The molecule has 0 N–H and O–H groups in total. The van der Waals surface area contributed by atoms with Gasteiger partial charge < -0.3 is 4.74 Å². The van der Waals surface area contributed by atoms with Crippen molar-refractivity contribution in [3.63, 3.8) is 0 Å². The number of hydrogen-bond donors (Lipinski definition) is 0. The molecule has 0 saturated heterocycles. The number of aromatic nitrogens is 2. The zero-order valence-electron chi connectivity index (χ0n) is 10.8. The normalized spacial score (nSPS) is 10.7. The van der Waals surface area contributed by atoms with Gasteiger partial charge in [0.1, 0.15) is 0 Å². The van der Waals surface area contributed by atoms with Gasteiger partial charge in [0.2, 0.25) is 0 Å². The van der Waals surface area contributed by atoms with Crippen LogP contribution in [0.2, 0.25) is 5.02 Å². The van der Waals surface area contributed by atoms with Gasteiger partial charge in [0.25, 0.3) is 0 Å². The number of benzene rings is 2. The highest BCUT2D eigenvalue weighted by Crippen LogP contribution is 2.14. The number of ether oxygens (including phenoxy) is 1. The summed E-state index contributed by atoms with van der Waals surface area (Å²) in [5.41, 5.74) is 2.03. The van der Waals surface area contributed by atoms with Crippen molar-refractivity contribution in [3.05, 3.63) is 65.3 Å². The second-order valence-electron chi connectivity index (χ2n) is 4.44. The Labute approximate surface area is 122 Å². The SMILES string of the molecule is Clc1cccc(CCOc2ncc3ccccc3n2)c1. The zero-order chi connectivity index (χ0) is 13.8. The predicted molar refractivity (Wildman–Crippen MR) is 80.2 cm³/mol. The molecule has 0 aliphatic heterocycles. The van der Waals surface area contributed by atoms with Gasteiger partial charge in [-0.05, 0) is 23.8 Å². The molecular weight excluding hydrogens is 272 g/mol. The summed E-state index contributed by atoms with van der Waals surface area (Å²) in [5, 5.41) is 1.75. The van der Waals surface area contributed by atoms with Crippen LogP contribution in [0.15, 0.2) is 54.7 Å². The Kier molecular flexibility index (Phi) is 3.79. The van der Waals surface area contributed by atoms with E-state index < -0.39 is 0 Å². The third-order valence-electron chi connectivity index (χ3n) is 2.98. The van der Waals surface area contributed by atoms with Crippen molar-refractivity contribution in [3.8, 4) is 6.01 Å². The molecule has 0 fully saturated rings. The van der Waals surface area contributed by atoms with E-state index in [1.54, 1.807) is 6.20 Å². The van der Waals surface area contributed by atoms with Crippen LogP contribution in [0, 0.1) is 0 Å². The summed E-state index contributed by atoms with van der Waals surface area (Å²) in [6.07, 6.45) is 2.55. The second kappa shape index (κ2) is 5.88. The smallest absolute Gasteiger partial charge is 0.316 e. The van der Waals surface area contributed by atoms with E-state index in [4.69, 9.17) is 16.3 Å². The first-order valence-corrected chi connectivity index (χ1v) is 6.78. The summed E-state index contributed by atoms with van der Waals surface area (Å²) in [5.74, 6) is 0. The summed E-state index contributed by atoms with van der Waals surface area (Å²) >= 11 is 5.94. The van der Waals surface area contributed by atoms with Crippen molar-refractivity contribution in [2.24, 2.45) is 0 Å². The molecule has 0 unspecified atom stereocenters. The molecule has 3 aromatic rings. The first-order valence-electron chi connectivity index (χ1n) is 6.40. The van der Waals surface area contributed by atoms with Crippen LogP contribution in [0.3, 0.4) is 0 Å². The van der Waals surface area contributed by atoms with Gasteiger partial charge in [-0.2, -0.15) is 4.98 Å². The molecule has 0 spiro atoms. The van der Waals surface area contributed by atoms with E-state index in [9.17, 15) is 0 Å². The standard InChI is InChI=1S/C16H13ClN2O/c17-14-6-3-4-12(10-14)8-9-20-16-18-11-13-5-1-2-7-15(13)19-16/h1-7,10-11H,8-9H2. The lowest BCUT2D eigenvalue weighted by Gasteiger charge is -2.05. The fraction of sp³-hybridized carbons (Fsp3) is 0.125. The van der Waals surface area contributed by atoms with Gasteiger partial charge in [-0.25, -0.2) is 4.98 Å². The van der Waals surface area contributed by atoms with Crippen molar-refractivity contribution >= 4 is 22.5 Å². The van der Waals surface area contributed by atoms with Gasteiger partial charge in [0.05, 0.1) is 12.1 Å². The van der Waals surface area contributed by atoms with Crippen molar-refractivity contribution in [2.75, 3.05) is 6.61 Å². The Morgan fingerprint density at radius 3 is 2.85 bits per heavy atom. The highest BCUT2D eigenvalue weighted by molar-refractivity contribution is 6.30. The minimum atomic E-state index is 0.408. The minimum Gasteiger partial charge on any atom is -0.463 e. The Hall–Kier alpha value is -2.13. The minimum absolute atomic E-state index is 0.408. The molecule has 0 bridgehead atoms. The van der Waals surface area contributed by atoms with Crippen molar-refractivity contribution < 1.29 is 4.74 Å². The van der Waals surface area contributed by atoms with Crippen LogP contribution in [-0.2, 0) is 6.42 Å². The van der Waals surface area contributed by atoms with E-state index in [0.717, 1.165) is 27.9 Å². The van der Waals surface area contributed by atoms with Crippen LogP contribution in [0.25, 0.3) is 10.9 Å². The molecule has 1 heterocycles. The van der Waals surface area contributed by atoms with Gasteiger partial charge >= 0.3 is 6.01 Å². The van der Waals surface area contributed by atoms with E-state index in [0.29, 0.717) is 12.6 Å².